The van der Waals surface area contributed by atoms with Crippen molar-refractivity contribution in [2.45, 2.75) is 81.1 Å². The standard InChI is InChI=1S/C25H34N6O2S/c1-17(2)21-16-28-31-23(21)29-25(33-19-9-7-13-26-15-19)30-24(31)27-14-18-8-3-6-12-22(18)34(32)20-10-4-5-11-20/h3,6,8,12,16-17,19-20,26H,4-5,7,9-11,13-15H2,1-2H3,(H,27,29,30). The Balaban J connectivity index is 1.42. The van der Waals surface area contributed by atoms with Crippen LogP contribution in [0.25, 0.3) is 5.65 Å². The molecule has 3 heterocycles. The molecule has 182 valence electrons. The van der Waals surface area contributed by atoms with Gasteiger partial charge in [0.2, 0.25) is 5.95 Å². The van der Waals surface area contributed by atoms with Crippen molar-refractivity contribution in [3.63, 3.8) is 0 Å². The summed E-state index contributed by atoms with van der Waals surface area (Å²) in [5.41, 5.74) is 2.84. The van der Waals surface area contributed by atoms with Crippen LogP contribution in [0.2, 0.25) is 0 Å². The highest BCUT2D eigenvalue weighted by Crippen LogP contribution is 2.31. The Morgan fingerprint density at radius 2 is 2.00 bits per heavy atom. The molecule has 2 N–H and O–H groups in total. The maximum atomic E-state index is 13.3. The number of nitrogens with one attached hydrogen (secondary N) is 2. The first kappa shape index (κ1) is 23.4. The summed E-state index contributed by atoms with van der Waals surface area (Å²) in [6, 6.07) is 8.38. The summed E-state index contributed by atoms with van der Waals surface area (Å²) in [6.45, 7) is 6.59. The van der Waals surface area contributed by atoms with E-state index in [2.05, 4.69) is 34.6 Å². The number of nitrogens with zero attached hydrogens (tertiary/aromatic N) is 4. The van der Waals surface area contributed by atoms with Crippen molar-refractivity contribution in [2.24, 2.45) is 0 Å². The molecule has 3 aromatic rings. The zero-order valence-corrected chi connectivity index (χ0v) is 20.8. The molecular formula is C25H34N6O2S. The molecule has 8 nitrogen and oxygen atoms in total. The molecule has 2 aliphatic rings. The van der Waals surface area contributed by atoms with E-state index in [9.17, 15) is 4.55 Å². The number of fused-ring (bicyclic) bond motifs is 1. The van der Waals surface area contributed by atoms with E-state index in [1.54, 1.807) is 4.52 Å². The number of benzene rings is 1. The predicted octanol–water partition coefficient (Wildman–Crippen LogP) is 4.04. The van der Waals surface area contributed by atoms with Gasteiger partial charge in [0.1, 0.15) is 11.4 Å². The van der Waals surface area contributed by atoms with E-state index >= 15 is 0 Å². The van der Waals surface area contributed by atoms with Crippen molar-refractivity contribution in [1.29, 1.82) is 0 Å². The molecule has 2 atom stereocenters. The lowest BCUT2D eigenvalue weighted by atomic mass is 10.1. The van der Waals surface area contributed by atoms with Gasteiger partial charge in [0, 0.05) is 24.2 Å². The quantitative estimate of drug-likeness (QED) is 0.468. The largest absolute Gasteiger partial charge is 0.611 e. The molecule has 0 amide bonds. The molecule has 2 fully saturated rings. The maximum absolute atomic E-state index is 13.3. The third-order valence-electron chi connectivity index (χ3n) is 6.75. The van der Waals surface area contributed by atoms with Crippen molar-refractivity contribution >= 4 is 22.8 Å². The van der Waals surface area contributed by atoms with Crippen LogP contribution in [0.15, 0.2) is 35.4 Å². The molecule has 1 saturated carbocycles. The van der Waals surface area contributed by atoms with Crippen LogP contribution in [0, 0.1) is 0 Å². The van der Waals surface area contributed by atoms with Crippen LogP contribution in [-0.2, 0) is 17.7 Å². The van der Waals surface area contributed by atoms with Crippen molar-refractivity contribution in [3.8, 4) is 6.01 Å². The number of aromatic nitrogens is 4. The molecule has 5 rings (SSSR count). The van der Waals surface area contributed by atoms with E-state index in [1.807, 2.05) is 30.5 Å². The Morgan fingerprint density at radius 1 is 1.18 bits per heavy atom. The number of anilines is 1. The topological polar surface area (TPSA) is 99.4 Å². The van der Waals surface area contributed by atoms with E-state index in [0.717, 1.165) is 60.4 Å². The third kappa shape index (κ3) is 5.01. The van der Waals surface area contributed by atoms with Gasteiger partial charge in [-0.1, -0.05) is 32.0 Å². The molecular weight excluding hydrogens is 448 g/mol. The van der Waals surface area contributed by atoms with E-state index in [1.165, 1.54) is 12.8 Å². The Kier molecular flexibility index (Phi) is 7.22. The first-order chi connectivity index (χ1) is 16.6. The fraction of sp³-hybridized carbons (Fsp3) is 0.560. The van der Waals surface area contributed by atoms with Gasteiger partial charge in [-0.05, 0) is 68.2 Å². The number of hydrogen-bond acceptors (Lipinski definition) is 7. The molecule has 9 heteroatoms. The Hall–Kier alpha value is -2.36. The second-order valence-corrected chi connectivity index (χ2v) is 11.3. The molecule has 1 aromatic carbocycles. The highest BCUT2D eigenvalue weighted by molar-refractivity contribution is 7.92. The zero-order valence-electron chi connectivity index (χ0n) is 20.0. The second-order valence-electron chi connectivity index (χ2n) is 9.57. The lowest BCUT2D eigenvalue weighted by Crippen LogP contribution is -2.37. The number of rotatable bonds is 8. The lowest BCUT2D eigenvalue weighted by Gasteiger charge is -2.23. The number of ether oxygens (including phenoxy) is 1. The fourth-order valence-electron chi connectivity index (χ4n) is 4.82. The summed E-state index contributed by atoms with van der Waals surface area (Å²) in [6.07, 6.45) is 8.42. The monoisotopic (exact) mass is 482 g/mol. The fourth-order valence-corrected chi connectivity index (χ4v) is 6.55. The van der Waals surface area contributed by atoms with Crippen LogP contribution in [0.4, 0.5) is 5.95 Å². The van der Waals surface area contributed by atoms with Gasteiger partial charge in [-0.2, -0.15) is 19.6 Å². The average Bonchev–Trinajstić information content (AvgIpc) is 3.53. The van der Waals surface area contributed by atoms with Gasteiger partial charge in [0.05, 0.1) is 6.20 Å². The summed E-state index contributed by atoms with van der Waals surface area (Å²) >= 11 is -0.994. The number of piperidine rings is 1. The Labute approximate surface area is 204 Å². The van der Waals surface area contributed by atoms with Crippen molar-refractivity contribution in [2.75, 3.05) is 18.4 Å². The maximum Gasteiger partial charge on any atom is 0.322 e. The minimum Gasteiger partial charge on any atom is -0.611 e. The molecule has 0 bridgehead atoms. The molecule has 2 unspecified atom stereocenters. The van der Waals surface area contributed by atoms with Gasteiger partial charge < -0.3 is 19.9 Å². The highest BCUT2D eigenvalue weighted by Gasteiger charge is 2.30. The van der Waals surface area contributed by atoms with Gasteiger partial charge in [0.25, 0.3) is 0 Å². The SMILES string of the molecule is CC(C)c1cnn2c(NCc3ccccc3[S+]([O-])C3CCCC3)nc(OC3CCCNC3)nc12. The smallest absolute Gasteiger partial charge is 0.322 e. The highest BCUT2D eigenvalue weighted by atomic mass is 32.2. The summed E-state index contributed by atoms with van der Waals surface area (Å²) in [5.74, 6) is 0.858. The predicted molar refractivity (Wildman–Crippen MR) is 134 cm³/mol. The lowest BCUT2D eigenvalue weighted by molar-refractivity contribution is 0.153. The Morgan fingerprint density at radius 3 is 2.76 bits per heavy atom. The van der Waals surface area contributed by atoms with E-state index in [-0.39, 0.29) is 17.3 Å². The van der Waals surface area contributed by atoms with Gasteiger partial charge in [-0.3, -0.25) is 0 Å². The molecule has 2 aromatic heterocycles. The van der Waals surface area contributed by atoms with Gasteiger partial charge >= 0.3 is 6.01 Å². The van der Waals surface area contributed by atoms with Crippen molar-refractivity contribution in [3.05, 3.63) is 41.6 Å². The first-order valence-electron chi connectivity index (χ1n) is 12.5. The van der Waals surface area contributed by atoms with Crippen molar-refractivity contribution < 1.29 is 9.29 Å². The summed E-state index contributed by atoms with van der Waals surface area (Å²) in [5, 5.41) is 11.6. The molecule has 1 aliphatic heterocycles. The third-order valence-corrected chi connectivity index (χ3v) is 8.66. The van der Waals surface area contributed by atoms with Crippen LogP contribution < -0.4 is 15.4 Å². The molecule has 1 aliphatic carbocycles. The summed E-state index contributed by atoms with van der Waals surface area (Å²) in [7, 11) is 0. The van der Waals surface area contributed by atoms with E-state index < -0.39 is 11.2 Å². The molecule has 34 heavy (non-hydrogen) atoms. The van der Waals surface area contributed by atoms with Crippen LogP contribution in [0.1, 0.15) is 69.4 Å². The molecule has 0 radical (unpaired) electrons. The minimum absolute atomic E-state index is 0.0593. The van der Waals surface area contributed by atoms with Crippen LogP contribution in [-0.4, -0.2) is 48.6 Å². The van der Waals surface area contributed by atoms with E-state index in [0.29, 0.717) is 18.5 Å². The molecule has 0 spiro atoms. The summed E-state index contributed by atoms with van der Waals surface area (Å²) < 4.78 is 21.2. The molecule has 1 saturated heterocycles. The van der Waals surface area contributed by atoms with Gasteiger partial charge in [-0.25, -0.2) is 0 Å². The summed E-state index contributed by atoms with van der Waals surface area (Å²) in [4.78, 5) is 10.3. The van der Waals surface area contributed by atoms with Crippen LogP contribution in [0.5, 0.6) is 6.01 Å². The van der Waals surface area contributed by atoms with E-state index in [4.69, 9.17) is 9.72 Å². The Bertz CT molecular complexity index is 1110. The van der Waals surface area contributed by atoms with Crippen LogP contribution in [0.3, 0.4) is 0 Å². The van der Waals surface area contributed by atoms with Crippen molar-refractivity contribution in [1.82, 2.24) is 24.9 Å². The average molecular weight is 483 g/mol. The zero-order chi connectivity index (χ0) is 23.5. The first-order valence-corrected chi connectivity index (χ1v) is 13.7. The second kappa shape index (κ2) is 10.5. The minimum atomic E-state index is -0.994. The van der Waals surface area contributed by atoms with Gasteiger partial charge in [-0.15, -0.1) is 0 Å². The number of hydrogen-bond donors (Lipinski definition) is 2. The van der Waals surface area contributed by atoms with Gasteiger partial charge in [0.15, 0.2) is 10.5 Å². The van der Waals surface area contributed by atoms with Crippen LogP contribution >= 0.6 is 0 Å². The normalized spacial score (nSPS) is 20.2.